The Hall–Kier alpha value is -2.67. The van der Waals surface area contributed by atoms with Gasteiger partial charge in [-0.2, -0.15) is 0 Å². The minimum atomic E-state index is -0.311. The van der Waals surface area contributed by atoms with E-state index in [1.165, 1.54) is 23.9 Å². The topological polar surface area (TPSA) is 54.9 Å². The van der Waals surface area contributed by atoms with Crippen molar-refractivity contribution in [2.75, 3.05) is 11.1 Å². The summed E-state index contributed by atoms with van der Waals surface area (Å²) >= 11 is 13.4. The van der Waals surface area contributed by atoms with E-state index in [9.17, 15) is 9.18 Å². The predicted octanol–water partition coefficient (Wildman–Crippen LogP) is 6.47. The first-order valence-electron chi connectivity index (χ1n) is 8.91. The van der Waals surface area contributed by atoms with Gasteiger partial charge in [-0.05, 0) is 36.4 Å². The molecule has 1 N–H and O–H groups in total. The zero-order valence-corrected chi connectivity index (χ0v) is 17.7. The number of carbonyl (C=O) groups excluding carboxylic acids is 1. The van der Waals surface area contributed by atoms with Gasteiger partial charge in [0.2, 0.25) is 5.91 Å². The van der Waals surface area contributed by atoms with E-state index >= 15 is 0 Å². The highest BCUT2D eigenvalue weighted by Gasteiger charge is 2.14. The van der Waals surface area contributed by atoms with E-state index < -0.39 is 0 Å². The van der Waals surface area contributed by atoms with Gasteiger partial charge in [0.05, 0.1) is 21.5 Å². The van der Waals surface area contributed by atoms with Crippen molar-refractivity contribution in [3.05, 3.63) is 82.6 Å². The number of thioether (sulfide) groups is 1. The fourth-order valence-electron chi connectivity index (χ4n) is 2.93. The summed E-state index contributed by atoms with van der Waals surface area (Å²) in [6.45, 7) is 0. The molecule has 150 valence electrons. The highest BCUT2D eigenvalue weighted by Crippen LogP contribution is 2.33. The Kier molecular flexibility index (Phi) is 6.18. The van der Waals surface area contributed by atoms with Crippen LogP contribution in [-0.4, -0.2) is 21.9 Å². The molecule has 8 heteroatoms. The molecular formula is C22H14Cl2FN3OS. The number of hydrogen-bond acceptors (Lipinski definition) is 4. The van der Waals surface area contributed by atoms with Crippen LogP contribution in [0.2, 0.25) is 10.0 Å². The van der Waals surface area contributed by atoms with Crippen molar-refractivity contribution >= 4 is 57.3 Å². The normalized spacial score (nSPS) is 10.9. The van der Waals surface area contributed by atoms with E-state index in [2.05, 4.69) is 15.5 Å². The molecule has 0 saturated heterocycles. The molecule has 0 radical (unpaired) electrons. The number of fused-ring (bicyclic) bond motifs is 1. The van der Waals surface area contributed by atoms with Crippen molar-refractivity contribution in [3.63, 3.8) is 0 Å². The number of carbonyl (C=O) groups is 1. The molecule has 0 spiro atoms. The maximum atomic E-state index is 13.3. The van der Waals surface area contributed by atoms with Gasteiger partial charge < -0.3 is 5.32 Å². The Morgan fingerprint density at radius 3 is 2.43 bits per heavy atom. The molecule has 0 aliphatic carbocycles. The van der Waals surface area contributed by atoms with Crippen LogP contribution < -0.4 is 5.32 Å². The molecule has 1 aromatic heterocycles. The lowest BCUT2D eigenvalue weighted by molar-refractivity contribution is -0.113. The largest absolute Gasteiger partial charge is 0.324 e. The highest BCUT2D eigenvalue weighted by atomic mass is 35.5. The first kappa shape index (κ1) is 20.6. The monoisotopic (exact) mass is 457 g/mol. The van der Waals surface area contributed by atoms with E-state index in [-0.39, 0.29) is 17.5 Å². The quantitative estimate of drug-likeness (QED) is 0.348. The third-order valence-corrected chi connectivity index (χ3v) is 6.14. The molecule has 3 aromatic carbocycles. The first-order valence-corrected chi connectivity index (χ1v) is 10.6. The zero-order chi connectivity index (χ0) is 21.1. The van der Waals surface area contributed by atoms with Gasteiger partial charge in [-0.1, -0.05) is 65.3 Å². The van der Waals surface area contributed by atoms with Crippen molar-refractivity contribution in [1.29, 1.82) is 0 Å². The summed E-state index contributed by atoms with van der Waals surface area (Å²) < 4.78 is 13.3. The smallest absolute Gasteiger partial charge is 0.234 e. The maximum absolute atomic E-state index is 13.3. The lowest BCUT2D eigenvalue weighted by Crippen LogP contribution is -2.14. The third-order valence-electron chi connectivity index (χ3n) is 4.34. The summed E-state index contributed by atoms with van der Waals surface area (Å²) in [4.78, 5) is 12.4. The Balaban J connectivity index is 1.56. The second-order valence-electron chi connectivity index (χ2n) is 6.34. The number of rotatable bonds is 5. The standard InChI is InChI=1S/C22H14Cl2FN3OS/c23-17-6-3-7-18(20(17)24)26-19(29)12-30-22-16-5-2-1-4-15(16)21(27-28-22)13-8-10-14(25)11-9-13/h1-11H,12H2,(H,26,29). The first-order chi connectivity index (χ1) is 14.5. The van der Waals surface area contributed by atoms with Gasteiger partial charge >= 0.3 is 0 Å². The van der Waals surface area contributed by atoms with Crippen LogP contribution in [0.4, 0.5) is 10.1 Å². The van der Waals surface area contributed by atoms with E-state index in [0.717, 1.165) is 16.3 Å². The van der Waals surface area contributed by atoms with E-state index in [4.69, 9.17) is 23.2 Å². The van der Waals surface area contributed by atoms with Gasteiger partial charge in [-0.15, -0.1) is 10.2 Å². The van der Waals surface area contributed by atoms with Gasteiger partial charge in [0.25, 0.3) is 0 Å². The van der Waals surface area contributed by atoms with Gasteiger partial charge in [0.1, 0.15) is 16.5 Å². The third kappa shape index (κ3) is 4.41. The molecule has 4 nitrogen and oxygen atoms in total. The SMILES string of the molecule is O=C(CSc1nnc(-c2ccc(F)cc2)c2ccccc12)Nc1cccc(Cl)c1Cl. The molecule has 4 rings (SSSR count). The van der Waals surface area contributed by atoms with E-state index in [1.54, 1.807) is 30.3 Å². The summed E-state index contributed by atoms with van der Waals surface area (Å²) in [6, 6.07) is 18.8. The minimum Gasteiger partial charge on any atom is -0.324 e. The summed E-state index contributed by atoms with van der Waals surface area (Å²) in [6.07, 6.45) is 0. The van der Waals surface area contributed by atoms with Gasteiger partial charge in [-0.3, -0.25) is 4.79 Å². The van der Waals surface area contributed by atoms with Crippen molar-refractivity contribution in [1.82, 2.24) is 10.2 Å². The Bertz CT molecular complexity index is 1230. The number of aromatic nitrogens is 2. The molecule has 0 fully saturated rings. The van der Waals surface area contributed by atoms with Crippen molar-refractivity contribution < 1.29 is 9.18 Å². The second-order valence-corrected chi connectivity index (χ2v) is 8.09. The number of nitrogens with zero attached hydrogens (tertiary/aromatic N) is 2. The molecular weight excluding hydrogens is 444 g/mol. The van der Waals surface area contributed by atoms with Crippen LogP contribution in [0.3, 0.4) is 0 Å². The zero-order valence-electron chi connectivity index (χ0n) is 15.4. The molecule has 0 saturated carbocycles. The molecule has 0 aliphatic rings. The van der Waals surface area contributed by atoms with Crippen LogP contribution in [0.15, 0.2) is 71.8 Å². The maximum Gasteiger partial charge on any atom is 0.234 e. The molecule has 1 heterocycles. The van der Waals surface area contributed by atoms with E-state index in [0.29, 0.717) is 26.5 Å². The number of nitrogens with one attached hydrogen (secondary N) is 1. The number of anilines is 1. The second kappa shape index (κ2) is 9.00. The van der Waals surface area contributed by atoms with Crippen LogP contribution in [0.25, 0.3) is 22.0 Å². The molecule has 0 bridgehead atoms. The Morgan fingerprint density at radius 1 is 0.933 bits per heavy atom. The van der Waals surface area contributed by atoms with E-state index in [1.807, 2.05) is 24.3 Å². The fraction of sp³-hybridized carbons (Fsp3) is 0.0455. The number of amides is 1. The van der Waals surface area contributed by atoms with Crippen molar-refractivity contribution in [2.24, 2.45) is 0 Å². The lowest BCUT2D eigenvalue weighted by Gasteiger charge is -2.10. The number of halogens is 3. The van der Waals surface area contributed by atoms with Crippen LogP contribution in [0, 0.1) is 5.82 Å². The summed E-state index contributed by atoms with van der Waals surface area (Å²) in [7, 11) is 0. The van der Waals surface area contributed by atoms with Gasteiger partial charge in [0.15, 0.2) is 0 Å². The minimum absolute atomic E-state index is 0.122. The Morgan fingerprint density at radius 2 is 1.67 bits per heavy atom. The summed E-state index contributed by atoms with van der Waals surface area (Å²) in [5.41, 5.74) is 1.88. The summed E-state index contributed by atoms with van der Waals surface area (Å²) in [5.74, 6) is -0.427. The summed E-state index contributed by atoms with van der Waals surface area (Å²) in [5, 5.41) is 14.4. The predicted molar refractivity (Wildman–Crippen MR) is 121 cm³/mol. The Labute approximate surface area is 186 Å². The fourth-order valence-corrected chi connectivity index (χ4v) is 4.05. The van der Waals surface area contributed by atoms with Crippen LogP contribution in [0.5, 0.6) is 0 Å². The molecule has 1 amide bonds. The van der Waals surface area contributed by atoms with Crippen molar-refractivity contribution in [3.8, 4) is 11.3 Å². The van der Waals surface area contributed by atoms with Gasteiger partial charge in [0, 0.05) is 16.3 Å². The van der Waals surface area contributed by atoms with Crippen LogP contribution in [0.1, 0.15) is 0 Å². The number of hydrogen-bond donors (Lipinski definition) is 1. The molecule has 0 aliphatic heterocycles. The lowest BCUT2D eigenvalue weighted by atomic mass is 10.1. The number of benzene rings is 3. The highest BCUT2D eigenvalue weighted by molar-refractivity contribution is 8.00. The van der Waals surface area contributed by atoms with Crippen molar-refractivity contribution in [2.45, 2.75) is 5.03 Å². The molecule has 0 atom stereocenters. The molecule has 4 aromatic rings. The van der Waals surface area contributed by atoms with Crippen LogP contribution >= 0.6 is 35.0 Å². The molecule has 0 unspecified atom stereocenters. The average molecular weight is 458 g/mol. The molecule has 30 heavy (non-hydrogen) atoms. The van der Waals surface area contributed by atoms with Gasteiger partial charge in [-0.25, -0.2) is 4.39 Å². The average Bonchev–Trinajstić information content (AvgIpc) is 2.76. The van der Waals surface area contributed by atoms with Crippen LogP contribution in [-0.2, 0) is 4.79 Å².